The van der Waals surface area contributed by atoms with Crippen LogP contribution >= 0.6 is 11.6 Å². The Balaban J connectivity index is 2.46. The van der Waals surface area contributed by atoms with Crippen LogP contribution in [0.25, 0.3) is 5.69 Å². The third-order valence-corrected chi connectivity index (χ3v) is 2.18. The Morgan fingerprint density at radius 2 is 2.00 bits per heavy atom. The first kappa shape index (κ1) is 9.18. The summed E-state index contributed by atoms with van der Waals surface area (Å²) in [7, 11) is 0. The molecular formula is C9H9ClN4. The molecule has 14 heavy (non-hydrogen) atoms. The largest absolute Gasteiger partial charge is 0.326 e. The second-order valence-electron chi connectivity index (χ2n) is 2.81. The predicted molar refractivity (Wildman–Crippen MR) is 54.3 cm³/mol. The summed E-state index contributed by atoms with van der Waals surface area (Å²) >= 11 is 6.04. The maximum absolute atomic E-state index is 6.04. The second kappa shape index (κ2) is 3.77. The number of halogens is 1. The van der Waals surface area contributed by atoms with Gasteiger partial charge in [0.15, 0.2) is 0 Å². The van der Waals surface area contributed by atoms with Crippen molar-refractivity contribution in [1.82, 2.24) is 15.0 Å². The summed E-state index contributed by atoms with van der Waals surface area (Å²) in [6, 6.07) is 5.58. The molecule has 0 saturated heterocycles. The second-order valence-corrected chi connectivity index (χ2v) is 3.22. The first-order valence-electron chi connectivity index (χ1n) is 4.16. The van der Waals surface area contributed by atoms with E-state index in [9.17, 15) is 0 Å². The predicted octanol–water partition coefficient (Wildman–Crippen LogP) is 1.38. The van der Waals surface area contributed by atoms with Crippen molar-refractivity contribution in [1.29, 1.82) is 0 Å². The van der Waals surface area contributed by atoms with E-state index < -0.39 is 0 Å². The molecule has 0 unspecified atom stereocenters. The van der Waals surface area contributed by atoms with Crippen molar-refractivity contribution in [3.05, 3.63) is 41.2 Å². The molecule has 72 valence electrons. The van der Waals surface area contributed by atoms with Gasteiger partial charge in [0.25, 0.3) is 0 Å². The van der Waals surface area contributed by atoms with Crippen molar-refractivity contribution >= 4 is 11.6 Å². The lowest BCUT2D eigenvalue weighted by Crippen LogP contribution is -2.01. The van der Waals surface area contributed by atoms with Gasteiger partial charge in [0.05, 0.1) is 17.4 Å². The highest BCUT2D eigenvalue weighted by molar-refractivity contribution is 6.32. The van der Waals surface area contributed by atoms with Crippen LogP contribution in [0, 0.1) is 0 Å². The van der Waals surface area contributed by atoms with E-state index in [1.807, 2.05) is 18.2 Å². The third-order valence-electron chi connectivity index (χ3n) is 1.88. The lowest BCUT2D eigenvalue weighted by atomic mass is 10.2. The molecule has 0 amide bonds. The fourth-order valence-electron chi connectivity index (χ4n) is 1.18. The first-order valence-corrected chi connectivity index (χ1v) is 4.54. The Morgan fingerprint density at radius 3 is 2.57 bits per heavy atom. The average molecular weight is 209 g/mol. The van der Waals surface area contributed by atoms with E-state index in [0.717, 1.165) is 11.3 Å². The molecule has 0 saturated carbocycles. The minimum atomic E-state index is 0.479. The van der Waals surface area contributed by atoms with Crippen molar-refractivity contribution in [3.8, 4) is 5.69 Å². The van der Waals surface area contributed by atoms with E-state index in [1.165, 1.54) is 4.80 Å². The van der Waals surface area contributed by atoms with Gasteiger partial charge >= 0.3 is 0 Å². The number of nitrogens with two attached hydrogens (primary N) is 1. The fourth-order valence-corrected chi connectivity index (χ4v) is 1.46. The molecule has 0 fully saturated rings. The Kier molecular flexibility index (Phi) is 2.47. The number of nitrogens with zero attached hydrogens (tertiary/aromatic N) is 3. The summed E-state index contributed by atoms with van der Waals surface area (Å²) in [5, 5.41) is 8.59. The molecule has 0 aliphatic heterocycles. The highest BCUT2D eigenvalue weighted by atomic mass is 35.5. The topological polar surface area (TPSA) is 56.7 Å². The molecular weight excluding hydrogens is 200 g/mol. The number of rotatable bonds is 2. The van der Waals surface area contributed by atoms with Gasteiger partial charge in [-0.1, -0.05) is 17.7 Å². The SMILES string of the molecule is NCc1ccc(-n2nccn2)c(Cl)c1. The number of hydrogen-bond acceptors (Lipinski definition) is 3. The van der Waals surface area contributed by atoms with Gasteiger partial charge in [-0.15, -0.1) is 0 Å². The van der Waals surface area contributed by atoms with Crippen molar-refractivity contribution in [3.63, 3.8) is 0 Å². The maximum atomic E-state index is 6.04. The van der Waals surface area contributed by atoms with E-state index >= 15 is 0 Å². The molecule has 4 nitrogen and oxygen atoms in total. The lowest BCUT2D eigenvalue weighted by Gasteiger charge is -2.04. The van der Waals surface area contributed by atoms with E-state index in [4.69, 9.17) is 17.3 Å². The van der Waals surface area contributed by atoms with E-state index in [2.05, 4.69) is 10.2 Å². The van der Waals surface area contributed by atoms with Crippen molar-refractivity contribution < 1.29 is 0 Å². The quantitative estimate of drug-likeness (QED) is 0.811. The Morgan fingerprint density at radius 1 is 1.29 bits per heavy atom. The average Bonchev–Trinajstić information content (AvgIpc) is 2.70. The van der Waals surface area contributed by atoms with Crippen molar-refractivity contribution in [2.45, 2.75) is 6.54 Å². The van der Waals surface area contributed by atoms with Gasteiger partial charge in [-0.25, -0.2) is 0 Å². The zero-order chi connectivity index (χ0) is 9.97. The van der Waals surface area contributed by atoms with Crippen LogP contribution in [0.5, 0.6) is 0 Å². The van der Waals surface area contributed by atoms with E-state index in [1.54, 1.807) is 12.4 Å². The van der Waals surface area contributed by atoms with E-state index in [-0.39, 0.29) is 0 Å². The molecule has 0 spiro atoms. The summed E-state index contributed by atoms with van der Waals surface area (Å²) in [4.78, 5) is 1.47. The molecule has 5 heteroatoms. The Labute approximate surface area is 86.3 Å². The zero-order valence-electron chi connectivity index (χ0n) is 7.39. The van der Waals surface area contributed by atoms with Crippen LogP contribution in [0.2, 0.25) is 5.02 Å². The lowest BCUT2D eigenvalue weighted by molar-refractivity contribution is 0.751. The van der Waals surface area contributed by atoms with Gasteiger partial charge < -0.3 is 5.73 Å². The van der Waals surface area contributed by atoms with Crippen LogP contribution in [-0.2, 0) is 6.54 Å². The molecule has 2 rings (SSSR count). The number of hydrogen-bond donors (Lipinski definition) is 1. The highest BCUT2D eigenvalue weighted by Gasteiger charge is 2.04. The van der Waals surface area contributed by atoms with Crippen LogP contribution in [0.4, 0.5) is 0 Å². The third kappa shape index (κ3) is 1.62. The molecule has 0 radical (unpaired) electrons. The molecule has 2 aromatic rings. The van der Waals surface area contributed by atoms with E-state index in [0.29, 0.717) is 11.6 Å². The fraction of sp³-hybridized carbons (Fsp3) is 0.111. The van der Waals surface area contributed by atoms with Crippen LogP contribution in [-0.4, -0.2) is 15.0 Å². The van der Waals surface area contributed by atoms with Crippen molar-refractivity contribution in [2.24, 2.45) is 5.73 Å². The molecule has 0 bridgehead atoms. The maximum Gasteiger partial charge on any atom is 0.104 e. The van der Waals surface area contributed by atoms with Gasteiger partial charge in [-0.2, -0.15) is 15.0 Å². The standard InChI is InChI=1S/C9H9ClN4/c10-8-5-7(6-11)1-2-9(8)14-12-3-4-13-14/h1-5H,6,11H2. The zero-order valence-corrected chi connectivity index (χ0v) is 8.15. The van der Waals surface area contributed by atoms with Crippen LogP contribution in [0.1, 0.15) is 5.56 Å². The first-order chi connectivity index (χ1) is 6.81. The number of benzene rings is 1. The van der Waals surface area contributed by atoms with Gasteiger partial charge in [-0.3, -0.25) is 0 Å². The molecule has 0 atom stereocenters. The summed E-state index contributed by atoms with van der Waals surface area (Å²) in [5.41, 5.74) is 7.24. The minimum Gasteiger partial charge on any atom is -0.326 e. The van der Waals surface area contributed by atoms with Gasteiger partial charge in [0, 0.05) is 6.54 Å². The smallest absolute Gasteiger partial charge is 0.104 e. The van der Waals surface area contributed by atoms with Gasteiger partial charge in [0.2, 0.25) is 0 Å². The monoisotopic (exact) mass is 208 g/mol. The molecule has 1 aromatic heterocycles. The summed E-state index contributed by atoms with van der Waals surface area (Å²) in [5.74, 6) is 0. The Bertz CT molecular complexity index is 424. The molecule has 1 aromatic carbocycles. The molecule has 0 aliphatic rings. The van der Waals surface area contributed by atoms with Crippen LogP contribution < -0.4 is 5.73 Å². The van der Waals surface area contributed by atoms with Crippen molar-refractivity contribution in [2.75, 3.05) is 0 Å². The summed E-state index contributed by atoms with van der Waals surface area (Å²) in [6.45, 7) is 0.479. The molecule has 1 heterocycles. The molecule has 2 N–H and O–H groups in total. The van der Waals surface area contributed by atoms with Crippen LogP contribution in [0.15, 0.2) is 30.6 Å². The normalized spacial score (nSPS) is 10.4. The number of aromatic nitrogens is 3. The Hall–Kier alpha value is -1.39. The summed E-state index contributed by atoms with van der Waals surface area (Å²) in [6.07, 6.45) is 3.21. The van der Waals surface area contributed by atoms with Gasteiger partial charge in [0.1, 0.15) is 5.69 Å². The minimum absolute atomic E-state index is 0.479. The van der Waals surface area contributed by atoms with Crippen LogP contribution in [0.3, 0.4) is 0 Å². The molecule has 0 aliphatic carbocycles. The van der Waals surface area contributed by atoms with Gasteiger partial charge in [-0.05, 0) is 17.7 Å². The summed E-state index contributed by atoms with van der Waals surface area (Å²) < 4.78 is 0. The highest BCUT2D eigenvalue weighted by Crippen LogP contribution is 2.20.